The van der Waals surface area contributed by atoms with E-state index in [-0.39, 0.29) is 6.54 Å². The number of carbonyl (C=O) groups is 3. The number of aliphatic carboxylic acids is 1. The Labute approximate surface area is 180 Å². The van der Waals surface area contributed by atoms with E-state index >= 15 is 0 Å². The van der Waals surface area contributed by atoms with Crippen molar-refractivity contribution in [2.24, 2.45) is 5.92 Å². The second-order valence-corrected chi connectivity index (χ2v) is 6.73. The number of ether oxygens (including phenoxy) is 2. The van der Waals surface area contributed by atoms with Crippen LogP contribution in [-0.4, -0.2) is 48.9 Å². The molecule has 0 aromatic heterocycles. The number of benzene rings is 2. The summed E-state index contributed by atoms with van der Waals surface area (Å²) in [6.07, 6.45) is -0.950. The van der Waals surface area contributed by atoms with Crippen molar-refractivity contribution in [3.05, 3.63) is 42.5 Å². The number of carboxylic acid groups (broad SMARTS) is 1. The maximum absolute atomic E-state index is 12.9. The minimum absolute atomic E-state index is 0.283. The van der Waals surface area contributed by atoms with E-state index in [1.807, 2.05) is 24.3 Å². The molecule has 2 aromatic rings. The maximum atomic E-state index is 12.9. The lowest BCUT2D eigenvalue weighted by molar-refractivity contribution is -0.142. The van der Waals surface area contributed by atoms with E-state index in [1.54, 1.807) is 39.3 Å². The maximum Gasteiger partial charge on any atom is 0.304 e. The predicted octanol–water partition coefficient (Wildman–Crippen LogP) is 2.71. The summed E-state index contributed by atoms with van der Waals surface area (Å²) in [5.41, 5.74) is 3.78. The molecule has 2 amide bonds. The van der Waals surface area contributed by atoms with Gasteiger partial charge in [-0.25, -0.2) is 5.48 Å². The summed E-state index contributed by atoms with van der Waals surface area (Å²) in [5, 5.41) is 17.8. The molecule has 0 saturated heterocycles. The fourth-order valence-corrected chi connectivity index (χ4v) is 3.26. The Morgan fingerprint density at radius 1 is 0.968 bits per heavy atom. The monoisotopic (exact) mass is 430 g/mol. The van der Waals surface area contributed by atoms with Crippen LogP contribution in [0.25, 0.3) is 11.1 Å². The van der Waals surface area contributed by atoms with Crippen molar-refractivity contribution in [1.82, 2.24) is 5.48 Å². The molecular formula is C22H26N2O7. The van der Waals surface area contributed by atoms with Gasteiger partial charge in [0.25, 0.3) is 0 Å². The molecule has 0 fully saturated rings. The number of hydrogen-bond donors (Lipinski definition) is 3. The number of methoxy groups -OCH3 is 2. The van der Waals surface area contributed by atoms with Crippen LogP contribution in [0.2, 0.25) is 0 Å². The van der Waals surface area contributed by atoms with Crippen LogP contribution in [0.4, 0.5) is 5.69 Å². The molecule has 0 aliphatic rings. The molecule has 1 atom stereocenters. The van der Waals surface area contributed by atoms with Crippen molar-refractivity contribution in [1.29, 1.82) is 0 Å². The van der Waals surface area contributed by atoms with Crippen molar-refractivity contribution in [3.8, 4) is 22.6 Å². The van der Waals surface area contributed by atoms with Gasteiger partial charge in [-0.1, -0.05) is 18.2 Å². The van der Waals surface area contributed by atoms with Gasteiger partial charge in [-0.3, -0.25) is 19.6 Å². The van der Waals surface area contributed by atoms with Crippen LogP contribution in [0.5, 0.6) is 11.5 Å². The normalized spacial score (nSPS) is 11.4. The summed E-state index contributed by atoms with van der Waals surface area (Å²) in [7, 11) is 3.12. The first kappa shape index (κ1) is 23.7. The van der Waals surface area contributed by atoms with Crippen LogP contribution in [0.15, 0.2) is 42.5 Å². The molecule has 0 saturated carbocycles. The smallest absolute Gasteiger partial charge is 0.304 e. The van der Waals surface area contributed by atoms with Gasteiger partial charge in [0.15, 0.2) is 11.5 Å². The van der Waals surface area contributed by atoms with Gasteiger partial charge < -0.3 is 19.5 Å². The van der Waals surface area contributed by atoms with E-state index in [1.165, 1.54) is 10.4 Å². The molecule has 31 heavy (non-hydrogen) atoms. The number of hydrogen-bond acceptors (Lipinski definition) is 6. The highest BCUT2D eigenvalue weighted by molar-refractivity contribution is 5.98. The molecule has 0 heterocycles. The molecule has 3 N–H and O–H groups in total. The highest BCUT2D eigenvalue weighted by Crippen LogP contribution is 2.33. The first-order valence-corrected chi connectivity index (χ1v) is 9.63. The molecule has 0 aliphatic carbocycles. The number of rotatable bonds is 10. The molecule has 0 spiro atoms. The third-order valence-corrected chi connectivity index (χ3v) is 4.80. The Morgan fingerprint density at radius 2 is 1.58 bits per heavy atom. The summed E-state index contributed by atoms with van der Waals surface area (Å²) in [5.74, 6) is -2.43. The molecule has 2 aromatic carbocycles. The van der Waals surface area contributed by atoms with Crippen molar-refractivity contribution < 1.29 is 34.2 Å². The van der Waals surface area contributed by atoms with Crippen LogP contribution in [0.3, 0.4) is 0 Å². The van der Waals surface area contributed by atoms with Gasteiger partial charge >= 0.3 is 5.97 Å². The summed E-state index contributed by atoms with van der Waals surface area (Å²) in [6.45, 7) is 2.04. The average Bonchev–Trinajstić information content (AvgIpc) is 2.78. The fourth-order valence-electron chi connectivity index (χ4n) is 3.26. The lowest BCUT2D eigenvalue weighted by Crippen LogP contribution is -2.39. The zero-order chi connectivity index (χ0) is 23.0. The topological polar surface area (TPSA) is 125 Å². The summed E-state index contributed by atoms with van der Waals surface area (Å²) in [6, 6.07) is 12.7. The molecule has 0 bridgehead atoms. The molecule has 9 heteroatoms. The van der Waals surface area contributed by atoms with Gasteiger partial charge in [-0.2, -0.15) is 0 Å². The summed E-state index contributed by atoms with van der Waals surface area (Å²) < 4.78 is 10.6. The number of hydroxylamine groups is 1. The first-order chi connectivity index (χ1) is 14.8. The van der Waals surface area contributed by atoms with Gasteiger partial charge in [-0.15, -0.1) is 0 Å². The molecule has 166 valence electrons. The van der Waals surface area contributed by atoms with Crippen molar-refractivity contribution in [3.63, 3.8) is 0 Å². The minimum Gasteiger partial charge on any atom is -0.493 e. The van der Waals surface area contributed by atoms with Crippen molar-refractivity contribution in [2.45, 2.75) is 19.8 Å². The standard InChI is InChI=1S/C22H26N2O7/c1-4-24(22(28)16(13-21(26)27)12-20(25)23-29)17-8-5-14(6-9-17)15-7-10-18(30-2)19(11-15)31-3/h5-11,16,29H,4,12-13H2,1-3H3,(H,23,25)(H,26,27). The molecular weight excluding hydrogens is 404 g/mol. The van der Waals surface area contributed by atoms with E-state index < -0.39 is 36.5 Å². The van der Waals surface area contributed by atoms with Gasteiger partial charge in [0.1, 0.15) is 0 Å². The van der Waals surface area contributed by atoms with Crippen LogP contribution in [0.1, 0.15) is 19.8 Å². The Morgan fingerprint density at radius 3 is 2.10 bits per heavy atom. The van der Waals surface area contributed by atoms with Crippen LogP contribution in [0, 0.1) is 5.92 Å². The second-order valence-electron chi connectivity index (χ2n) is 6.73. The van der Waals surface area contributed by atoms with Crippen LogP contribution < -0.4 is 19.9 Å². The number of nitrogens with one attached hydrogen (secondary N) is 1. The van der Waals surface area contributed by atoms with E-state index in [2.05, 4.69) is 0 Å². The van der Waals surface area contributed by atoms with Gasteiger partial charge in [-0.05, 0) is 42.3 Å². The largest absolute Gasteiger partial charge is 0.493 e. The molecule has 1 unspecified atom stereocenters. The van der Waals surface area contributed by atoms with E-state index in [0.717, 1.165) is 11.1 Å². The van der Waals surface area contributed by atoms with Crippen LogP contribution >= 0.6 is 0 Å². The van der Waals surface area contributed by atoms with Gasteiger partial charge in [0.05, 0.1) is 26.6 Å². The molecule has 0 aliphatic heterocycles. The average molecular weight is 430 g/mol. The Hall–Kier alpha value is -3.59. The zero-order valence-electron chi connectivity index (χ0n) is 17.6. The molecule has 2 rings (SSSR count). The Balaban J connectivity index is 2.28. The minimum atomic E-state index is -1.20. The first-order valence-electron chi connectivity index (χ1n) is 9.63. The lowest BCUT2D eigenvalue weighted by Gasteiger charge is -2.25. The third-order valence-electron chi connectivity index (χ3n) is 4.80. The van der Waals surface area contributed by atoms with Crippen LogP contribution in [-0.2, 0) is 14.4 Å². The highest BCUT2D eigenvalue weighted by atomic mass is 16.5. The van der Waals surface area contributed by atoms with E-state index in [9.17, 15) is 14.4 Å². The fraction of sp³-hybridized carbons (Fsp3) is 0.318. The summed E-state index contributed by atoms with van der Waals surface area (Å²) >= 11 is 0. The SMILES string of the molecule is CCN(C(=O)C(CC(=O)O)CC(=O)NO)c1ccc(-c2ccc(OC)c(OC)c2)cc1. The second kappa shape index (κ2) is 11.0. The number of carbonyl (C=O) groups excluding carboxylic acids is 2. The zero-order valence-corrected chi connectivity index (χ0v) is 17.6. The van der Waals surface area contributed by atoms with Crippen molar-refractivity contribution >= 4 is 23.5 Å². The Kier molecular flexibility index (Phi) is 8.39. The van der Waals surface area contributed by atoms with E-state index in [4.69, 9.17) is 19.8 Å². The van der Waals surface area contributed by atoms with Crippen molar-refractivity contribution in [2.75, 3.05) is 25.7 Å². The molecule has 9 nitrogen and oxygen atoms in total. The molecule has 0 radical (unpaired) electrons. The van der Waals surface area contributed by atoms with E-state index in [0.29, 0.717) is 17.2 Å². The third kappa shape index (κ3) is 5.95. The number of carboxylic acids is 1. The number of amides is 2. The lowest BCUT2D eigenvalue weighted by atomic mass is 9.98. The predicted molar refractivity (Wildman–Crippen MR) is 113 cm³/mol. The quantitative estimate of drug-likeness (QED) is 0.391. The summed E-state index contributed by atoms with van der Waals surface area (Å²) in [4.78, 5) is 37.0. The highest BCUT2D eigenvalue weighted by Gasteiger charge is 2.29. The number of anilines is 1. The van der Waals surface area contributed by atoms with Gasteiger partial charge in [0, 0.05) is 18.7 Å². The Bertz CT molecular complexity index is 928. The van der Waals surface area contributed by atoms with Gasteiger partial charge in [0.2, 0.25) is 11.8 Å². The number of nitrogens with zero attached hydrogens (tertiary/aromatic N) is 1.